The van der Waals surface area contributed by atoms with E-state index in [1.807, 2.05) is 13.0 Å². The number of anilines is 3. The Balaban J connectivity index is 2.06. The molecule has 148 valence electrons. The van der Waals surface area contributed by atoms with Crippen LogP contribution < -0.4 is 14.5 Å². The quantitative estimate of drug-likeness (QED) is 0.834. The van der Waals surface area contributed by atoms with Crippen LogP contribution in [-0.2, 0) is 19.6 Å². The normalized spacial score (nSPS) is 14.8. The molecule has 8 heteroatoms. The van der Waals surface area contributed by atoms with E-state index < -0.39 is 22.0 Å². The molecule has 0 saturated heterocycles. The molecule has 0 unspecified atom stereocenters. The predicted molar refractivity (Wildman–Crippen MR) is 110 cm³/mol. The monoisotopic (exact) mass is 401 g/mol. The highest BCUT2D eigenvalue weighted by Crippen LogP contribution is 2.31. The number of amides is 2. The summed E-state index contributed by atoms with van der Waals surface area (Å²) in [6.07, 6.45) is 1.35. The van der Waals surface area contributed by atoms with Crippen molar-refractivity contribution in [3.63, 3.8) is 0 Å². The molecular formula is C20H23N3O4S. The van der Waals surface area contributed by atoms with Gasteiger partial charge in [0.15, 0.2) is 0 Å². The average molecular weight is 401 g/mol. The Kier molecular flexibility index (Phi) is 5.42. The van der Waals surface area contributed by atoms with Crippen molar-refractivity contribution < 1.29 is 18.0 Å². The summed E-state index contributed by atoms with van der Waals surface area (Å²) in [6.45, 7) is 3.46. The molecule has 2 amide bonds. The summed E-state index contributed by atoms with van der Waals surface area (Å²) in [5.41, 5.74) is 2.40. The van der Waals surface area contributed by atoms with Gasteiger partial charge in [-0.15, -0.1) is 0 Å². The fourth-order valence-corrected chi connectivity index (χ4v) is 4.62. The lowest BCUT2D eigenvalue weighted by Crippen LogP contribution is -2.53. The molecule has 0 saturated carbocycles. The van der Waals surface area contributed by atoms with Gasteiger partial charge in [0.05, 0.1) is 23.3 Å². The van der Waals surface area contributed by atoms with E-state index in [1.54, 1.807) is 49.4 Å². The number of para-hydroxylation sites is 2. The van der Waals surface area contributed by atoms with Gasteiger partial charge >= 0.3 is 0 Å². The van der Waals surface area contributed by atoms with Crippen LogP contribution in [0, 0.1) is 6.92 Å². The fourth-order valence-electron chi connectivity index (χ4n) is 3.42. The number of rotatable bonds is 5. The minimum absolute atomic E-state index is 0.155. The van der Waals surface area contributed by atoms with Crippen molar-refractivity contribution in [3.8, 4) is 0 Å². The lowest BCUT2D eigenvalue weighted by molar-refractivity contribution is -0.122. The van der Waals surface area contributed by atoms with Gasteiger partial charge in [-0.2, -0.15) is 0 Å². The van der Waals surface area contributed by atoms with E-state index in [-0.39, 0.29) is 18.9 Å². The summed E-state index contributed by atoms with van der Waals surface area (Å²) in [7, 11) is -3.74. The number of fused-ring (bicyclic) bond motifs is 1. The number of nitrogens with one attached hydrogen (secondary N) is 1. The molecule has 1 N–H and O–H groups in total. The van der Waals surface area contributed by atoms with E-state index >= 15 is 0 Å². The zero-order valence-electron chi connectivity index (χ0n) is 16.0. The van der Waals surface area contributed by atoms with Crippen LogP contribution >= 0.6 is 0 Å². The second-order valence-electron chi connectivity index (χ2n) is 6.81. The molecule has 1 atom stereocenters. The van der Waals surface area contributed by atoms with Crippen molar-refractivity contribution in [2.45, 2.75) is 26.3 Å². The van der Waals surface area contributed by atoms with Gasteiger partial charge in [-0.3, -0.25) is 18.8 Å². The van der Waals surface area contributed by atoms with Gasteiger partial charge in [-0.05, 0) is 43.2 Å². The van der Waals surface area contributed by atoms with E-state index in [9.17, 15) is 18.0 Å². The molecule has 7 nitrogen and oxygen atoms in total. The van der Waals surface area contributed by atoms with Crippen molar-refractivity contribution in [1.82, 2.24) is 0 Å². The highest BCUT2D eigenvalue weighted by atomic mass is 32.2. The molecule has 2 aromatic carbocycles. The van der Waals surface area contributed by atoms with Crippen LogP contribution in [0.3, 0.4) is 0 Å². The Hall–Kier alpha value is -2.87. The van der Waals surface area contributed by atoms with Gasteiger partial charge in [-0.1, -0.05) is 31.2 Å². The first kappa shape index (κ1) is 19.9. The molecule has 1 heterocycles. The van der Waals surface area contributed by atoms with Crippen LogP contribution in [0.5, 0.6) is 0 Å². The van der Waals surface area contributed by atoms with Crippen LogP contribution in [-0.4, -0.2) is 39.1 Å². The maximum Gasteiger partial charge on any atom is 0.251 e. The molecule has 0 bridgehead atoms. The highest BCUT2D eigenvalue weighted by molar-refractivity contribution is 7.92. The standard InChI is InChI=1S/C20H23N3O4S/c1-4-17(23(28(3,26)27)15-9-7-8-14(2)12-15)20(25)22-13-19(24)21-16-10-5-6-11-18(16)22/h5-12,17H,4,13H2,1-3H3,(H,21,24)/t17-/m0/s1. The number of sulfonamides is 1. The summed E-state index contributed by atoms with van der Waals surface area (Å²) in [5, 5.41) is 2.74. The van der Waals surface area contributed by atoms with Gasteiger partial charge in [0.25, 0.3) is 5.91 Å². The van der Waals surface area contributed by atoms with Crippen LogP contribution in [0.1, 0.15) is 18.9 Å². The van der Waals surface area contributed by atoms with Crippen molar-refractivity contribution >= 4 is 38.9 Å². The molecule has 2 aromatic rings. The minimum Gasteiger partial charge on any atom is -0.323 e. The lowest BCUT2D eigenvalue weighted by Gasteiger charge is -2.36. The van der Waals surface area contributed by atoms with Gasteiger partial charge in [-0.25, -0.2) is 8.42 Å². The number of aryl methyl sites for hydroxylation is 1. The third-order valence-electron chi connectivity index (χ3n) is 4.60. The van der Waals surface area contributed by atoms with Crippen LogP contribution in [0.4, 0.5) is 17.1 Å². The van der Waals surface area contributed by atoms with Crippen molar-refractivity contribution in [2.75, 3.05) is 27.3 Å². The number of hydrogen-bond donors (Lipinski definition) is 1. The Morgan fingerprint density at radius 2 is 1.93 bits per heavy atom. The maximum absolute atomic E-state index is 13.4. The first-order valence-corrected chi connectivity index (χ1v) is 10.8. The lowest BCUT2D eigenvalue weighted by atomic mass is 10.1. The van der Waals surface area contributed by atoms with Crippen LogP contribution in [0.25, 0.3) is 0 Å². The number of carbonyl (C=O) groups excluding carboxylic acids is 2. The third kappa shape index (κ3) is 3.87. The Morgan fingerprint density at radius 3 is 2.57 bits per heavy atom. The van der Waals surface area contributed by atoms with E-state index in [1.165, 1.54) is 4.90 Å². The molecule has 0 aromatic heterocycles. The molecule has 0 radical (unpaired) electrons. The molecule has 0 fully saturated rings. The maximum atomic E-state index is 13.4. The molecule has 1 aliphatic heterocycles. The molecule has 3 rings (SSSR count). The number of nitrogens with zero attached hydrogens (tertiary/aromatic N) is 2. The minimum atomic E-state index is -3.74. The van der Waals surface area contributed by atoms with E-state index in [2.05, 4.69) is 5.32 Å². The van der Waals surface area contributed by atoms with E-state index in [4.69, 9.17) is 0 Å². The Labute approximate surface area is 165 Å². The second kappa shape index (κ2) is 7.63. The Morgan fingerprint density at radius 1 is 1.21 bits per heavy atom. The van der Waals surface area contributed by atoms with Crippen molar-refractivity contribution in [2.24, 2.45) is 0 Å². The largest absolute Gasteiger partial charge is 0.323 e. The number of benzene rings is 2. The topological polar surface area (TPSA) is 86.8 Å². The van der Waals surface area contributed by atoms with E-state index in [0.717, 1.165) is 16.1 Å². The van der Waals surface area contributed by atoms with Crippen molar-refractivity contribution in [3.05, 3.63) is 54.1 Å². The fraction of sp³-hybridized carbons (Fsp3) is 0.300. The van der Waals surface area contributed by atoms with Gasteiger partial charge < -0.3 is 5.32 Å². The van der Waals surface area contributed by atoms with Gasteiger partial charge in [0.2, 0.25) is 15.9 Å². The predicted octanol–water partition coefficient (Wildman–Crippen LogP) is 2.52. The van der Waals surface area contributed by atoms with Crippen LogP contribution in [0.15, 0.2) is 48.5 Å². The number of carbonyl (C=O) groups is 2. The highest BCUT2D eigenvalue weighted by Gasteiger charge is 2.37. The number of hydrogen-bond acceptors (Lipinski definition) is 4. The van der Waals surface area contributed by atoms with Crippen LogP contribution in [0.2, 0.25) is 0 Å². The van der Waals surface area contributed by atoms with E-state index in [0.29, 0.717) is 17.1 Å². The smallest absolute Gasteiger partial charge is 0.251 e. The molecule has 28 heavy (non-hydrogen) atoms. The molecule has 0 spiro atoms. The first-order valence-electron chi connectivity index (χ1n) is 8.98. The first-order chi connectivity index (χ1) is 13.2. The SMILES string of the molecule is CC[C@@H](C(=O)N1CC(=O)Nc2ccccc21)N(c1cccc(C)c1)S(C)(=O)=O. The zero-order valence-corrected chi connectivity index (χ0v) is 16.9. The van der Waals surface area contributed by atoms with Crippen molar-refractivity contribution in [1.29, 1.82) is 0 Å². The molecular weight excluding hydrogens is 378 g/mol. The summed E-state index contributed by atoms with van der Waals surface area (Å²) >= 11 is 0. The summed E-state index contributed by atoms with van der Waals surface area (Å²) in [4.78, 5) is 26.9. The molecule has 1 aliphatic rings. The van der Waals surface area contributed by atoms with Gasteiger partial charge in [0, 0.05) is 0 Å². The summed E-state index contributed by atoms with van der Waals surface area (Å²) < 4.78 is 26.4. The summed E-state index contributed by atoms with van der Waals surface area (Å²) in [6, 6.07) is 13.0. The van der Waals surface area contributed by atoms with Gasteiger partial charge in [0.1, 0.15) is 12.6 Å². The average Bonchev–Trinajstić information content (AvgIpc) is 2.63. The Bertz CT molecular complexity index is 1020. The zero-order chi connectivity index (χ0) is 20.5. The third-order valence-corrected chi connectivity index (χ3v) is 5.78. The second-order valence-corrected chi connectivity index (χ2v) is 8.67. The summed E-state index contributed by atoms with van der Waals surface area (Å²) in [5.74, 6) is -0.750. The molecule has 0 aliphatic carbocycles.